The highest BCUT2D eigenvalue weighted by Gasteiger charge is 2.27. The molecular weight excluding hydrogens is 408 g/mol. The number of carboxylic acid groups (broad SMARTS) is 1. The first kappa shape index (κ1) is 21.6. The Morgan fingerprint density at radius 2 is 1.93 bits per heavy atom. The molecule has 1 aromatic carbocycles. The molecule has 2 aromatic heterocycles. The maximum Gasteiger partial charge on any atom is 0.290 e. The first-order valence-corrected chi connectivity index (χ1v) is 10.8. The van der Waals surface area contributed by atoms with Crippen LogP contribution in [0.4, 0.5) is 5.69 Å². The Bertz CT molecular complexity index is 1140. The summed E-state index contributed by atoms with van der Waals surface area (Å²) >= 11 is 0. The van der Waals surface area contributed by atoms with E-state index in [1.165, 1.54) is 11.1 Å². The maximum atomic E-state index is 13.5. The highest BCUT2D eigenvalue weighted by Crippen LogP contribution is 2.33. The van der Waals surface area contributed by atoms with Crippen molar-refractivity contribution in [1.82, 2.24) is 14.3 Å². The summed E-state index contributed by atoms with van der Waals surface area (Å²) in [6.45, 7) is 4.95. The van der Waals surface area contributed by atoms with Gasteiger partial charge in [-0.1, -0.05) is 6.07 Å². The molecule has 0 saturated carbocycles. The molecule has 2 N–H and O–H groups in total. The number of ether oxygens (including phenoxy) is 1. The fourth-order valence-electron chi connectivity index (χ4n) is 3.44. The van der Waals surface area contributed by atoms with Crippen LogP contribution in [-0.4, -0.2) is 62.2 Å². The lowest BCUT2D eigenvalue weighted by atomic mass is 10.2. The molecule has 0 amide bonds. The number of aryl methyl sites for hydroxylation is 1. The normalized spacial score (nSPS) is 14.1. The predicted octanol–water partition coefficient (Wildman–Crippen LogP) is 1.70. The van der Waals surface area contributed by atoms with Crippen LogP contribution in [0.5, 0.6) is 5.75 Å². The minimum atomic E-state index is -3.84. The van der Waals surface area contributed by atoms with E-state index in [0.29, 0.717) is 16.8 Å². The summed E-state index contributed by atoms with van der Waals surface area (Å²) in [4.78, 5) is 15.1. The first-order valence-electron chi connectivity index (χ1n) is 9.34. The van der Waals surface area contributed by atoms with Crippen molar-refractivity contribution in [2.24, 2.45) is 0 Å². The predicted molar refractivity (Wildman–Crippen MR) is 114 cm³/mol. The van der Waals surface area contributed by atoms with Gasteiger partial charge in [-0.2, -0.15) is 0 Å². The van der Waals surface area contributed by atoms with Gasteiger partial charge in [0.15, 0.2) is 0 Å². The van der Waals surface area contributed by atoms with Crippen LogP contribution in [0.1, 0.15) is 5.56 Å². The van der Waals surface area contributed by atoms with Crippen molar-refractivity contribution < 1.29 is 23.1 Å². The Morgan fingerprint density at radius 3 is 2.60 bits per heavy atom. The molecule has 4 rings (SSSR count). The third kappa shape index (κ3) is 4.10. The van der Waals surface area contributed by atoms with E-state index in [2.05, 4.69) is 15.2 Å². The number of hydrogen-bond acceptors (Lipinski definition) is 7. The summed E-state index contributed by atoms with van der Waals surface area (Å²) in [6.07, 6.45) is 3.37. The van der Waals surface area contributed by atoms with Gasteiger partial charge in [0.25, 0.3) is 16.5 Å². The lowest BCUT2D eigenvalue weighted by molar-refractivity contribution is -0.122. The summed E-state index contributed by atoms with van der Waals surface area (Å²) in [6, 6.07) is 8.70. The molecule has 0 bridgehead atoms. The van der Waals surface area contributed by atoms with Crippen LogP contribution in [0.15, 0.2) is 47.6 Å². The molecule has 0 atom stereocenters. The molecule has 9 nitrogen and oxygen atoms in total. The first-order chi connectivity index (χ1) is 14.4. The third-order valence-corrected chi connectivity index (χ3v) is 6.51. The van der Waals surface area contributed by atoms with Crippen LogP contribution in [-0.2, 0) is 14.8 Å². The Morgan fingerprint density at radius 1 is 1.23 bits per heavy atom. The maximum absolute atomic E-state index is 13.5. The van der Waals surface area contributed by atoms with E-state index >= 15 is 0 Å². The van der Waals surface area contributed by atoms with Gasteiger partial charge in [0, 0.05) is 38.6 Å². The minimum Gasteiger partial charge on any atom is -0.495 e. The number of fused-ring (bicyclic) bond motifs is 1. The summed E-state index contributed by atoms with van der Waals surface area (Å²) < 4.78 is 33.6. The molecule has 1 aliphatic heterocycles. The van der Waals surface area contributed by atoms with Crippen LogP contribution in [0.25, 0.3) is 11.0 Å². The van der Waals surface area contributed by atoms with E-state index in [4.69, 9.17) is 14.6 Å². The van der Waals surface area contributed by atoms with Crippen molar-refractivity contribution in [2.45, 2.75) is 11.8 Å². The standard InChI is InChI=1S/C19H22N4O3S.CH2O2/c1-14-5-6-17(26-2)18(12-14)27(24,25)23-13-16(22-10-8-20-9-11-22)19-15(23)4-3-7-21-19;2-1-3/h3-7,12-13,20H,8-11H2,1-2H3;1H,(H,2,3). The average Bonchev–Trinajstić information content (AvgIpc) is 3.15. The van der Waals surface area contributed by atoms with Crippen LogP contribution in [0.3, 0.4) is 0 Å². The number of nitrogens with one attached hydrogen (secondary N) is 1. The number of nitrogens with zero attached hydrogens (tertiary/aromatic N) is 3. The van der Waals surface area contributed by atoms with Crippen molar-refractivity contribution in [2.75, 3.05) is 38.2 Å². The second-order valence-electron chi connectivity index (χ2n) is 6.68. The Hall–Kier alpha value is -3.11. The van der Waals surface area contributed by atoms with Crippen molar-refractivity contribution in [1.29, 1.82) is 0 Å². The zero-order chi connectivity index (χ0) is 21.7. The Labute approximate surface area is 175 Å². The number of rotatable bonds is 4. The van der Waals surface area contributed by atoms with Crippen LogP contribution < -0.4 is 15.0 Å². The van der Waals surface area contributed by atoms with E-state index in [-0.39, 0.29) is 11.4 Å². The average molecular weight is 433 g/mol. The van der Waals surface area contributed by atoms with E-state index in [1.54, 1.807) is 36.7 Å². The molecule has 0 unspecified atom stereocenters. The van der Waals surface area contributed by atoms with E-state index in [9.17, 15) is 8.42 Å². The Balaban J connectivity index is 0.000000806. The molecule has 0 radical (unpaired) electrons. The highest BCUT2D eigenvalue weighted by atomic mass is 32.2. The molecule has 1 saturated heterocycles. The largest absolute Gasteiger partial charge is 0.495 e. The summed E-state index contributed by atoms with van der Waals surface area (Å²) in [5.41, 5.74) is 2.94. The number of anilines is 1. The number of aromatic nitrogens is 2. The number of pyridine rings is 1. The Kier molecular flexibility index (Phi) is 6.58. The molecule has 160 valence electrons. The number of carbonyl (C=O) groups is 1. The van der Waals surface area contributed by atoms with Crippen molar-refractivity contribution >= 4 is 33.2 Å². The van der Waals surface area contributed by atoms with Gasteiger partial charge in [-0.25, -0.2) is 12.4 Å². The van der Waals surface area contributed by atoms with Crippen LogP contribution in [0, 0.1) is 6.92 Å². The fraction of sp³-hybridized carbons (Fsp3) is 0.300. The van der Waals surface area contributed by atoms with Crippen LogP contribution in [0.2, 0.25) is 0 Å². The van der Waals surface area contributed by atoms with Gasteiger partial charge in [0.2, 0.25) is 0 Å². The number of piperazine rings is 1. The molecular formula is C20H24N4O5S. The molecule has 1 fully saturated rings. The van der Waals surface area contributed by atoms with E-state index in [0.717, 1.165) is 37.4 Å². The topological polar surface area (TPSA) is 114 Å². The van der Waals surface area contributed by atoms with Gasteiger partial charge >= 0.3 is 0 Å². The van der Waals surface area contributed by atoms with Crippen molar-refractivity contribution in [3.63, 3.8) is 0 Å². The summed E-state index contributed by atoms with van der Waals surface area (Å²) in [5, 5.41) is 10.2. The van der Waals surface area contributed by atoms with Crippen LogP contribution >= 0.6 is 0 Å². The SMILES string of the molecule is COc1ccc(C)cc1S(=O)(=O)n1cc(N2CCNCC2)c2ncccc21.O=CO. The molecule has 3 heterocycles. The highest BCUT2D eigenvalue weighted by molar-refractivity contribution is 7.90. The lowest BCUT2D eigenvalue weighted by Crippen LogP contribution is -2.43. The molecule has 30 heavy (non-hydrogen) atoms. The third-order valence-electron chi connectivity index (χ3n) is 4.82. The van der Waals surface area contributed by atoms with E-state index < -0.39 is 10.0 Å². The number of benzene rings is 1. The zero-order valence-electron chi connectivity index (χ0n) is 16.8. The second kappa shape index (κ2) is 9.14. The van der Waals surface area contributed by atoms with Gasteiger partial charge in [-0.15, -0.1) is 0 Å². The quantitative estimate of drug-likeness (QED) is 0.599. The molecule has 1 aliphatic rings. The minimum absolute atomic E-state index is 0.151. The summed E-state index contributed by atoms with van der Waals surface area (Å²) in [7, 11) is -2.36. The number of hydrogen-bond donors (Lipinski definition) is 2. The molecule has 10 heteroatoms. The molecule has 0 spiro atoms. The van der Waals surface area contributed by atoms with Gasteiger partial charge in [-0.05, 0) is 36.8 Å². The lowest BCUT2D eigenvalue weighted by Gasteiger charge is -2.28. The molecule has 0 aliphatic carbocycles. The summed E-state index contributed by atoms with van der Waals surface area (Å²) in [5.74, 6) is 0.329. The fourth-order valence-corrected chi connectivity index (χ4v) is 5.04. The van der Waals surface area contributed by atoms with Gasteiger partial charge in [0.05, 0.1) is 18.3 Å². The molecule has 3 aromatic rings. The van der Waals surface area contributed by atoms with Gasteiger partial charge < -0.3 is 20.1 Å². The monoisotopic (exact) mass is 432 g/mol. The van der Waals surface area contributed by atoms with E-state index in [1.807, 2.05) is 13.0 Å². The second-order valence-corrected chi connectivity index (χ2v) is 8.47. The number of methoxy groups -OCH3 is 1. The zero-order valence-corrected chi connectivity index (χ0v) is 17.6. The smallest absolute Gasteiger partial charge is 0.290 e. The van der Waals surface area contributed by atoms with Gasteiger partial charge in [-0.3, -0.25) is 9.78 Å². The van der Waals surface area contributed by atoms with Gasteiger partial charge in [0.1, 0.15) is 16.2 Å². The van der Waals surface area contributed by atoms with Crippen molar-refractivity contribution in [3.05, 3.63) is 48.3 Å². The van der Waals surface area contributed by atoms with Crippen molar-refractivity contribution in [3.8, 4) is 5.75 Å².